The highest BCUT2D eigenvalue weighted by Crippen LogP contribution is 2.28. The molecule has 0 atom stereocenters. The van der Waals surface area contributed by atoms with Gasteiger partial charge in [-0.15, -0.1) is 10.2 Å². The van der Waals surface area contributed by atoms with Crippen molar-refractivity contribution in [2.75, 3.05) is 14.2 Å². The van der Waals surface area contributed by atoms with Gasteiger partial charge in [0.25, 0.3) is 0 Å². The molecule has 0 saturated heterocycles. The van der Waals surface area contributed by atoms with Gasteiger partial charge in [0, 0.05) is 5.56 Å². The van der Waals surface area contributed by atoms with E-state index < -0.39 is 0 Å². The summed E-state index contributed by atoms with van der Waals surface area (Å²) in [6.45, 7) is 0. The van der Waals surface area contributed by atoms with Gasteiger partial charge in [0.2, 0.25) is 11.7 Å². The molecule has 0 aliphatic rings. The van der Waals surface area contributed by atoms with Gasteiger partial charge in [-0.3, -0.25) is 4.57 Å². The van der Waals surface area contributed by atoms with E-state index in [9.17, 15) is 0 Å². The quantitative estimate of drug-likeness (QED) is 0.438. The Morgan fingerprint density at radius 2 is 1.86 bits per heavy atom. The molecular weight excluding hydrogens is 378 g/mol. The minimum Gasteiger partial charge on any atom is -0.497 e. The predicted molar refractivity (Wildman–Crippen MR) is 104 cm³/mol. The molecule has 0 radical (unpaired) electrons. The molecule has 0 spiro atoms. The molecule has 2 heterocycles. The maximum absolute atomic E-state index is 5.42. The van der Waals surface area contributed by atoms with Crippen molar-refractivity contribution in [2.24, 2.45) is 0 Å². The molecule has 0 bridgehead atoms. The minimum atomic E-state index is 0.469. The molecule has 28 heavy (non-hydrogen) atoms. The van der Waals surface area contributed by atoms with Crippen molar-refractivity contribution in [2.45, 2.75) is 10.9 Å². The van der Waals surface area contributed by atoms with Crippen LogP contribution in [-0.2, 0) is 5.75 Å². The lowest BCUT2D eigenvalue weighted by Crippen LogP contribution is -1.98. The molecule has 9 heteroatoms. The van der Waals surface area contributed by atoms with E-state index in [4.69, 9.17) is 14.0 Å². The number of para-hydroxylation sites is 2. The zero-order valence-corrected chi connectivity index (χ0v) is 16.1. The van der Waals surface area contributed by atoms with Crippen molar-refractivity contribution in [3.05, 3.63) is 60.7 Å². The Morgan fingerprint density at radius 3 is 2.64 bits per heavy atom. The smallest absolute Gasteiger partial charge is 0.237 e. The fraction of sp³-hybridized carbons (Fsp3) is 0.158. The Bertz CT molecular complexity index is 1060. The fourth-order valence-electron chi connectivity index (χ4n) is 2.61. The van der Waals surface area contributed by atoms with E-state index in [-0.39, 0.29) is 0 Å². The van der Waals surface area contributed by atoms with Crippen LogP contribution in [0.25, 0.3) is 17.1 Å². The minimum absolute atomic E-state index is 0.469. The average Bonchev–Trinajstić information content (AvgIpc) is 3.41. The van der Waals surface area contributed by atoms with Gasteiger partial charge in [-0.05, 0) is 36.4 Å². The van der Waals surface area contributed by atoms with Crippen molar-refractivity contribution in [3.63, 3.8) is 0 Å². The standard InChI is InChI=1S/C19H17N5O3S/c1-25-14-9-7-13(8-10-14)18-21-17(27-23-18)11-28-19-22-20-12-24(19)15-5-3-4-6-16(15)26-2/h3-10,12H,11H2,1-2H3. The molecule has 142 valence electrons. The van der Waals surface area contributed by atoms with Crippen LogP contribution >= 0.6 is 11.8 Å². The molecular formula is C19H17N5O3S. The first-order valence-corrected chi connectivity index (χ1v) is 9.40. The van der Waals surface area contributed by atoms with Gasteiger partial charge in [0.1, 0.15) is 17.8 Å². The second kappa shape index (κ2) is 8.13. The highest BCUT2D eigenvalue weighted by atomic mass is 32.2. The molecule has 0 N–H and O–H groups in total. The van der Waals surface area contributed by atoms with E-state index in [1.54, 1.807) is 20.5 Å². The van der Waals surface area contributed by atoms with Crippen LogP contribution in [0.2, 0.25) is 0 Å². The van der Waals surface area contributed by atoms with Crippen LogP contribution in [0, 0.1) is 0 Å². The van der Waals surface area contributed by atoms with Gasteiger partial charge < -0.3 is 14.0 Å². The molecule has 4 rings (SSSR count). The molecule has 4 aromatic rings. The first kappa shape index (κ1) is 18.1. The summed E-state index contributed by atoms with van der Waals surface area (Å²) in [6.07, 6.45) is 1.65. The number of nitrogens with zero attached hydrogens (tertiary/aromatic N) is 5. The van der Waals surface area contributed by atoms with E-state index in [2.05, 4.69) is 20.3 Å². The highest BCUT2D eigenvalue weighted by Gasteiger charge is 2.14. The number of methoxy groups -OCH3 is 2. The summed E-state index contributed by atoms with van der Waals surface area (Å²) < 4.78 is 17.8. The number of ether oxygens (including phenoxy) is 2. The number of thioether (sulfide) groups is 1. The van der Waals surface area contributed by atoms with Crippen LogP contribution in [0.1, 0.15) is 5.89 Å². The third-order valence-corrected chi connectivity index (χ3v) is 4.93. The number of aromatic nitrogens is 5. The summed E-state index contributed by atoms with van der Waals surface area (Å²) in [5.74, 6) is 3.02. The molecule has 8 nitrogen and oxygen atoms in total. The Labute approximate surface area is 165 Å². The van der Waals surface area contributed by atoms with Crippen LogP contribution in [0.15, 0.2) is 64.5 Å². The lowest BCUT2D eigenvalue weighted by Gasteiger charge is -2.10. The maximum Gasteiger partial charge on any atom is 0.237 e. The van der Waals surface area contributed by atoms with Gasteiger partial charge in [0.05, 0.1) is 25.7 Å². The predicted octanol–water partition coefficient (Wildman–Crippen LogP) is 3.63. The second-order valence-corrected chi connectivity index (χ2v) is 6.63. The summed E-state index contributed by atoms with van der Waals surface area (Å²) in [7, 11) is 3.26. The van der Waals surface area contributed by atoms with Crippen molar-refractivity contribution in [3.8, 4) is 28.6 Å². The lowest BCUT2D eigenvalue weighted by atomic mass is 10.2. The largest absolute Gasteiger partial charge is 0.497 e. The van der Waals surface area contributed by atoms with Gasteiger partial charge in [-0.25, -0.2) is 0 Å². The Morgan fingerprint density at radius 1 is 1.04 bits per heavy atom. The van der Waals surface area contributed by atoms with E-state index in [1.807, 2.05) is 53.1 Å². The average molecular weight is 395 g/mol. The molecule has 0 saturated carbocycles. The number of rotatable bonds is 7. The Balaban J connectivity index is 1.49. The van der Waals surface area contributed by atoms with E-state index in [0.29, 0.717) is 22.6 Å². The van der Waals surface area contributed by atoms with E-state index >= 15 is 0 Å². The van der Waals surface area contributed by atoms with E-state index in [0.717, 1.165) is 22.7 Å². The molecule has 2 aromatic heterocycles. The fourth-order valence-corrected chi connectivity index (χ4v) is 3.37. The van der Waals surface area contributed by atoms with Crippen LogP contribution in [0.4, 0.5) is 0 Å². The molecule has 2 aromatic carbocycles. The van der Waals surface area contributed by atoms with Crippen LogP contribution in [0.5, 0.6) is 11.5 Å². The third kappa shape index (κ3) is 3.70. The summed E-state index contributed by atoms with van der Waals surface area (Å²) in [5.41, 5.74) is 1.72. The monoisotopic (exact) mass is 395 g/mol. The van der Waals surface area contributed by atoms with Crippen LogP contribution in [-0.4, -0.2) is 39.1 Å². The molecule has 0 fully saturated rings. The van der Waals surface area contributed by atoms with Gasteiger partial charge in [-0.1, -0.05) is 29.1 Å². The summed E-state index contributed by atoms with van der Waals surface area (Å²) in [4.78, 5) is 4.45. The molecule has 0 unspecified atom stereocenters. The number of hydrogen-bond acceptors (Lipinski definition) is 8. The summed E-state index contributed by atoms with van der Waals surface area (Å²) in [5, 5.41) is 12.9. The van der Waals surface area contributed by atoms with Gasteiger partial charge >= 0.3 is 0 Å². The molecule has 0 aliphatic heterocycles. The first-order valence-electron chi connectivity index (χ1n) is 8.41. The number of benzene rings is 2. The van der Waals surface area contributed by atoms with Crippen LogP contribution < -0.4 is 9.47 Å². The normalized spacial score (nSPS) is 10.8. The molecule has 0 amide bonds. The zero-order chi connectivity index (χ0) is 19.3. The van der Waals surface area contributed by atoms with Gasteiger partial charge in [0.15, 0.2) is 5.16 Å². The lowest BCUT2D eigenvalue weighted by molar-refractivity contribution is 0.391. The Hall–Kier alpha value is -3.33. The summed E-state index contributed by atoms with van der Waals surface area (Å²) in [6, 6.07) is 15.2. The Kier molecular flexibility index (Phi) is 5.24. The SMILES string of the molecule is COc1ccc(-c2noc(CSc3nncn3-c3ccccc3OC)n2)cc1. The second-order valence-electron chi connectivity index (χ2n) is 5.68. The number of hydrogen-bond donors (Lipinski definition) is 0. The third-order valence-electron chi connectivity index (χ3n) is 4.00. The van der Waals surface area contributed by atoms with Crippen molar-refractivity contribution in [1.82, 2.24) is 24.9 Å². The topological polar surface area (TPSA) is 88.1 Å². The van der Waals surface area contributed by atoms with Gasteiger partial charge in [-0.2, -0.15) is 4.98 Å². The van der Waals surface area contributed by atoms with Crippen molar-refractivity contribution < 1.29 is 14.0 Å². The summed E-state index contributed by atoms with van der Waals surface area (Å²) >= 11 is 1.45. The highest BCUT2D eigenvalue weighted by molar-refractivity contribution is 7.98. The van der Waals surface area contributed by atoms with Crippen LogP contribution in [0.3, 0.4) is 0 Å². The first-order chi connectivity index (χ1) is 13.8. The molecule has 0 aliphatic carbocycles. The van der Waals surface area contributed by atoms with E-state index in [1.165, 1.54) is 11.8 Å². The maximum atomic E-state index is 5.42. The van der Waals surface area contributed by atoms with Crippen molar-refractivity contribution in [1.29, 1.82) is 0 Å². The zero-order valence-electron chi connectivity index (χ0n) is 15.3. The van der Waals surface area contributed by atoms with Crippen molar-refractivity contribution >= 4 is 11.8 Å².